The summed E-state index contributed by atoms with van der Waals surface area (Å²) in [4.78, 5) is 22.0. The lowest BCUT2D eigenvalue weighted by Gasteiger charge is -2.29. The Balaban J connectivity index is 3.20. The number of aliphatic carboxylic acids is 1. The van der Waals surface area contributed by atoms with E-state index < -0.39 is 27.4 Å². The summed E-state index contributed by atoms with van der Waals surface area (Å²) in [7, 11) is -3.74. The van der Waals surface area contributed by atoms with E-state index in [-0.39, 0.29) is 12.2 Å². The van der Waals surface area contributed by atoms with E-state index in [1.165, 1.54) is 13.8 Å². The van der Waals surface area contributed by atoms with Gasteiger partial charge in [0.2, 0.25) is 15.9 Å². The van der Waals surface area contributed by atoms with Crippen molar-refractivity contribution >= 4 is 21.9 Å². The Labute approximate surface area is 81.6 Å². The number of carbonyl (C=O) groups excluding carboxylic acids is 1. The standard InChI is InChI=1S/C7H11NO5S/c1-7(2,6(10)11)8-5(9)3-4-14(8,12)13/h3-4H2,1-2H3,(H,10,11). The number of carboxylic acid groups (broad SMARTS) is 1. The molecule has 0 aromatic heterocycles. The van der Waals surface area contributed by atoms with E-state index in [0.717, 1.165) is 0 Å². The molecule has 0 unspecified atom stereocenters. The zero-order chi connectivity index (χ0) is 11.1. The SMILES string of the molecule is CC(C)(C(=O)O)N1C(=O)CCS1(=O)=O. The lowest BCUT2D eigenvalue weighted by atomic mass is 10.1. The maximum Gasteiger partial charge on any atom is 0.330 e. The fraction of sp³-hybridized carbons (Fsp3) is 0.714. The van der Waals surface area contributed by atoms with Crippen molar-refractivity contribution in [2.75, 3.05) is 5.75 Å². The number of carbonyl (C=O) groups is 2. The average molecular weight is 221 g/mol. The quantitative estimate of drug-likeness (QED) is 0.673. The Morgan fingerprint density at radius 2 is 2.00 bits per heavy atom. The lowest BCUT2D eigenvalue weighted by molar-refractivity contribution is -0.150. The van der Waals surface area contributed by atoms with Crippen LogP contribution in [-0.2, 0) is 19.6 Å². The molecule has 6 nitrogen and oxygen atoms in total. The maximum absolute atomic E-state index is 11.4. The highest BCUT2D eigenvalue weighted by atomic mass is 32.2. The number of amides is 1. The van der Waals surface area contributed by atoms with Gasteiger partial charge in [-0.1, -0.05) is 0 Å². The summed E-state index contributed by atoms with van der Waals surface area (Å²) in [5.74, 6) is -2.29. The Hall–Kier alpha value is -1.11. The van der Waals surface area contributed by atoms with Crippen molar-refractivity contribution in [1.82, 2.24) is 4.31 Å². The third-order valence-corrected chi connectivity index (χ3v) is 4.05. The zero-order valence-corrected chi connectivity index (χ0v) is 8.67. The van der Waals surface area contributed by atoms with Crippen molar-refractivity contribution in [2.24, 2.45) is 0 Å². The van der Waals surface area contributed by atoms with Crippen molar-refractivity contribution in [2.45, 2.75) is 25.8 Å². The van der Waals surface area contributed by atoms with Crippen molar-refractivity contribution in [3.05, 3.63) is 0 Å². The van der Waals surface area contributed by atoms with Crippen molar-refractivity contribution in [1.29, 1.82) is 0 Å². The predicted molar refractivity (Wildman–Crippen MR) is 47.0 cm³/mol. The topological polar surface area (TPSA) is 91.8 Å². The summed E-state index contributed by atoms with van der Waals surface area (Å²) in [5.41, 5.74) is -1.70. The van der Waals surface area contributed by atoms with Crippen LogP contribution in [0.1, 0.15) is 20.3 Å². The van der Waals surface area contributed by atoms with Gasteiger partial charge in [0, 0.05) is 6.42 Å². The predicted octanol–water partition coefficient (Wildman–Crippen LogP) is -0.588. The normalized spacial score (nSPS) is 21.3. The molecule has 7 heteroatoms. The summed E-state index contributed by atoms with van der Waals surface area (Å²) < 4.78 is 23.2. The van der Waals surface area contributed by atoms with E-state index >= 15 is 0 Å². The van der Waals surface area contributed by atoms with Gasteiger partial charge in [-0.2, -0.15) is 0 Å². The van der Waals surface area contributed by atoms with Crippen LogP contribution in [0.5, 0.6) is 0 Å². The minimum Gasteiger partial charge on any atom is -0.479 e. The molecule has 0 bridgehead atoms. The molecular formula is C7H11NO5S. The van der Waals surface area contributed by atoms with Gasteiger partial charge in [-0.3, -0.25) is 4.79 Å². The molecule has 14 heavy (non-hydrogen) atoms. The molecule has 1 amide bonds. The van der Waals surface area contributed by atoms with Crippen LogP contribution in [0, 0.1) is 0 Å². The molecule has 0 aromatic rings. The number of sulfonamides is 1. The van der Waals surface area contributed by atoms with E-state index in [2.05, 4.69) is 0 Å². The van der Waals surface area contributed by atoms with E-state index in [1.54, 1.807) is 0 Å². The molecule has 0 atom stereocenters. The fourth-order valence-electron chi connectivity index (χ4n) is 1.31. The van der Waals surface area contributed by atoms with Gasteiger partial charge < -0.3 is 5.11 Å². The number of hydrogen-bond acceptors (Lipinski definition) is 4. The van der Waals surface area contributed by atoms with E-state index in [0.29, 0.717) is 4.31 Å². The van der Waals surface area contributed by atoms with Gasteiger partial charge >= 0.3 is 5.97 Å². The smallest absolute Gasteiger partial charge is 0.330 e. The molecule has 0 saturated carbocycles. The minimum atomic E-state index is -3.74. The molecule has 0 aromatic carbocycles. The molecular weight excluding hydrogens is 210 g/mol. The van der Waals surface area contributed by atoms with Crippen molar-refractivity contribution in [3.63, 3.8) is 0 Å². The van der Waals surface area contributed by atoms with Crippen LogP contribution in [0.25, 0.3) is 0 Å². The molecule has 80 valence electrons. The van der Waals surface area contributed by atoms with Gasteiger partial charge in [0.1, 0.15) is 5.54 Å². The van der Waals surface area contributed by atoms with Crippen LogP contribution in [0.4, 0.5) is 0 Å². The highest BCUT2D eigenvalue weighted by Gasteiger charge is 2.48. The van der Waals surface area contributed by atoms with Crippen LogP contribution in [0.3, 0.4) is 0 Å². The van der Waals surface area contributed by atoms with Crippen LogP contribution in [0.2, 0.25) is 0 Å². The average Bonchev–Trinajstić information content (AvgIpc) is 2.25. The first kappa shape index (κ1) is 11.0. The van der Waals surface area contributed by atoms with Gasteiger partial charge in [0.25, 0.3) is 0 Å². The molecule has 1 rings (SSSR count). The molecule has 1 N–H and O–H groups in total. The molecule has 1 aliphatic heterocycles. The summed E-state index contributed by atoms with van der Waals surface area (Å²) in [6.07, 6.45) is -0.140. The summed E-state index contributed by atoms with van der Waals surface area (Å²) >= 11 is 0. The lowest BCUT2D eigenvalue weighted by Crippen LogP contribution is -2.52. The third kappa shape index (κ3) is 1.47. The Morgan fingerprint density at radius 3 is 2.29 bits per heavy atom. The highest BCUT2D eigenvalue weighted by molar-refractivity contribution is 7.90. The first-order chi connectivity index (χ1) is 6.19. The second-order valence-corrected chi connectivity index (χ2v) is 5.53. The Morgan fingerprint density at radius 1 is 1.50 bits per heavy atom. The second-order valence-electron chi connectivity index (χ2n) is 3.59. The molecule has 1 saturated heterocycles. The fourth-order valence-corrected chi connectivity index (χ4v) is 3.10. The Kier molecular flexibility index (Phi) is 2.31. The molecule has 1 heterocycles. The van der Waals surface area contributed by atoms with Crippen molar-refractivity contribution in [3.8, 4) is 0 Å². The monoisotopic (exact) mass is 221 g/mol. The van der Waals surface area contributed by atoms with E-state index in [9.17, 15) is 18.0 Å². The molecule has 0 spiro atoms. The van der Waals surface area contributed by atoms with Crippen LogP contribution in [-0.4, -0.2) is 41.0 Å². The van der Waals surface area contributed by atoms with E-state index in [4.69, 9.17) is 5.11 Å². The summed E-state index contributed by atoms with van der Waals surface area (Å²) in [5, 5.41) is 8.79. The minimum absolute atomic E-state index is 0.140. The number of hydrogen-bond donors (Lipinski definition) is 1. The van der Waals surface area contributed by atoms with Gasteiger partial charge in [-0.15, -0.1) is 0 Å². The molecule has 0 aliphatic carbocycles. The third-order valence-electron chi connectivity index (χ3n) is 2.11. The maximum atomic E-state index is 11.4. The van der Waals surface area contributed by atoms with E-state index in [1.807, 2.05) is 0 Å². The summed E-state index contributed by atoms with van der Waals surface area (Å²) in [6.45, 7) is 2.38. The van der Waals surface area contributed by atoms with Gasteiger partial charge in [0.15, 0.2) is 0 Å². The first-order valence-corrected chi connectivity index (χ1v) is 5.60. The summed E-state index contributed by atoms with van der Waals surface area (Å²) in [6, 6.07) is 0. The largest absolute Gasteiger partial charge is 0.479 e. The highest BCUT2D eigenvalue weighted by Crippen LogP contribution is 2.26. The van der Waals surface area contributed by atoms with Gasteiger partial charge in [-0.05, 0) is 13.8 Å². The molecule has 1 aliphatic rings. The number of rotatable bonds is 2. The molecule has 0 radical (unpaired) electrons. The van der Waals surface area contributed by atoms with Crippen molar-refractivity contribution < 1.29 is 23.1 Å². The number of carboxylic acids is 1. The molecule has 1 fully saturated rings. The Bertz CT molecular complexity index is 383. The van der Waals surface area contributed by atoms with Gasteiger partial charge in [0.05, 0.1) is 5.75 Å². The van der Waals surface area contributed by atoms with Crippen LogP contribution < -0.4 is 0 Å². The van der Waals surface area contributed by atoms with Crippen LogP contribution >= 0.6 is 0 Å². The van der Waals surface area contributed by atoms with Gasteiger partial charge in [-0.25, -0.2) is 17.5 Å². The van der Waals surface area contributed by atoms with Crippen LogP contribution in [0.15, 0.2) is 0 Å². The number of nitrogens with zero attached hydrogens (tertiary/aromatic N) is 1. The zero-order valence-electron chi connectivity index (χ0n) is 7.85. The second kappa shape index (κ2) is 2.94. The first-order valence-electron chi connectivity index (χ1n) is 3.99.